The summed E-state index contributed by atoms with van der Waals surface area (Å²) in [6, 6.07) is 9.12. The lowest BCUT2D eigenvalue weighted by Crippen LogP contribution is -2.44. The SMILES string of the molecule is CCOc1ccc(CNC(=NC)NCC(c2ccco2)N2CCCCC2)cc1F. The predicted molar refractivity (Wildman–Crippen MR) is 113 cm³/mol. The molecule has 3 rings (SSSR count). The van der Waals surface area contributed by atoms with Crippen LogP contribution in [0.5, 0.6) is 5.75 Å². The maximum absolute atomic E-state index is 14.0. The third-order valence-electron chi connectivity index (χ3n) is 5.15. The highest BCUT2D eigenvalue weighted by atomic mass is 19.1. The molecule has 0 amide bonds. The Balaban J connectivity index is 1.56. The van der Waals surface area contributed by atoms with E-state index in [0.717, 1.165) is 24.4 Å². The number of piperidine rings is 1. The number of nitrogens with one attached hydrogen (secondary N) is 2. The van der Waals surface area contributed by atoms with E-state index in [1.54, 1.807) is 19.4 Å². The fourth-order valence-electron chi connectivity index (χ4n) is 3.65. The van der Waals surface area contributed by atoms with E-state index in [0.29, 0.717) is 25.7 Å². The number of hydrogen-bond acceptors (Lipinski definition) is 4. The van der Waals surface area contributed by atoms with E-state index in [1.807, 2.05) is 25.1 Å². The summed E-state index contributed by atoms with van der Waals surface area (Å²) in [6.07, 6.45) is 5.44. The highest BCUT2D eigenvalue weighted by Crippen LogP contribution is 2.24. The number of furan rings is 1. The van der Waals surface area contributed by atoms with Gasteiger partial charge in [0.1, 0.15) is 5.76 Å². The van der Waals surface area contributed by atoms with Crippen molar-refractivity contribution in [1.82, 2.24) is 15.5 Å². The Morgan fingerprint density at radius 1 is 1.24 bits per heavy atom. The van der Waals surface area contributed by atoms with Gasteiger partial charge in [0, 0.05) is 20.1 Å². The van der Waals surface area contributed by atoms with Gasteiger partial charge >= 0.3 is 0 Å². The minimum atomic E-state index is -0.350. The topological polar surface area (TPSA) is 62.0 Å². The molecular weight excluding hydrogens is 371 g/mol. The quantitative estimate of drug-likeness (QED) is 0.521. The van der Waals surface area contributed by atoms with Crippen molar-refractivity contribution >= 4 is 5.96 Å². The van der Waals surface area contributed by atoms with Gasteiger partial charge in [-0.15, -0.1) is 0 Å². The zero-order valence-electron chi connectivity index (χ0n) is 17.3. The molecule has 6 nitrogen and oxygen atoms in total. The summed E-state index contributed by atoms with van der Waals surface area (Å²) in [7, 11) is 1.73. The molecule has 7 heteroatoms. The van der Waals surface area contributed by atoms with Gasteiger partial charge in [-0.1, -0.05) is 12.5 Å². The fraction of sp³-hybridized carbons (Fsp3) is 0.500. The Hall–Kier alpha value is -2.54. The lowest BCUT2D eigenvalue weighted by molar-refractivity contribution is 0.146. The minimum absolute atomic E-state index is 0.159. The first-order valence-electron chi connectivity index (χ1n) is 10.3. The van der Waals surface area contributed by atoms with Crippen molar-refractivity contribution in [3.05, 3.63) is 53.7 Å². The molecule has 1 aliphatic heterocycles. The first-order valence-corrected chi connectivity index (χ1v) is 10.3. The second-order valence-electron chi connectivity index (χ2n) is 7.13. The number of guanidine groups is 1. The van der Waals surface area contributed by atoms with Crippen LogP contribution < -0.4 is 15.4 Å². The molecule has 1 saturated heterocycles. The van der Waals surface area contributed by atoms with Crippen molar-refractivity contribution in [3.8, 4) is 5.75 Å². The predicted octanol–water partition coefficient (Wildman–Crippen LogP) is 3.71. The summed E-state index contributed by atoms with van der Waals surface area (Å²) in [4.78, 5) is 6.76. The Morgan fingerprint density at radius 2 is 2.07 bits per heavy atom. The van der Waals surface area contributed by atoms with Crippen LogP contribution in [0.15, 0.2) is 46.0 Å². The summed E-state index contributed by atoms with van der Waals surface area (Å²) < 4.78 is 25.0. The van der Waals surface area contributed by atoms with Crippen molar-refractivity contribution in [1.29, 1.82) is 0 Å². The first-order chi connectivity index (χ1) is 14.2. The van der Waals surface area contributed by atoms with Gasteiger partial charge in [-0.3, -0.25) is 9.89 Å². The number of likely N-dealkylation sites (tertiary alicyclic amines) is 1. The number of rotatable bonds is 8. The summed E-state index contributed by atoms with van der Waals surface area (Å²) >= 11 is 0. The molecule has 1 unspecified atom stereocenters. The maximum atomic E-state index is 14.0. The van der Waals surface area contributed by atoms with Crippen LogP contribution in [-0.2, 0) is 6.54 Å². The van der Waals surface area contributed by atoms with Crippen LogP contribution >= 0.6 is 0 Å². The number of aliphatic imine (C=N–C) groups is 1. The summed E-state index contributed by atoms with van der Waals surface area (Å²) in [6.45, 7) is 5.58. The second-order valence-corrected chi connectivity index (χ2v) is 7.13. The molecule has 1 fully saturated rings. The van der Waals surface area contributed by atoms with Crippen molar-refractivity contribution in [2.75, 3.05) is 33.3 Å². The van der Waals surface area contributed by atoms with Gasteiger partial charge < -0.3 is 19.8 Å². The van der Waals surface area contributed by atoms with Gasteiger partial charge in [0.25, 0.3) is 0 Å². The molecule has 2 heterocycles. The summed E-state index contributed by atoms with van der Waals surface area (Å²) in [5, 5.41) is 6.64. The van der Waals surface area contributed by atoms with Crippen molar-refractivity contribution < 1.29 is 13.5 Å². The van der Waals surface area contributed by atoms with Crippen molar-refractivity contribution in [3.63, 3.8) is 0 Å². The van der Waals surface area contributed by atoms with Gasteiger partial charge in [0.2, 0.25) is 0 Å². The van der Waals surface area contributed by atoms with Crippen LogP contribution in [0.25, 0.3) is 0 Å². The number of halogens is 1. The molecule has 2 N–H and O–H groups in total. The Kier molecular flexibility index (Phi) is 7.93. The number of ether oxygens (including phenoxy) is 1. The van der Waals surface area contributed by atoms with Gasteiger partial charge in [0.05, 0.1) is 18.9 Å². The molecule has 1 atom stereocenters. The van der Waals surface area contributed by atoms with Crippen LogP contribution in [0.2, 0.25) is 0 Å². The number of nitrogens with zero attached hydrogens (tertiary/aromatic N) is 2. The standard InChI is InChI=1S/C22H31FN4O2/c1-3-28-20-10-9-17(14-18(20)23)15-25-22(24-2)26-16-19(21-8-7-13-29-21)27-11-5-4-6-12-27/h7-10,13-14,19H,3-6,11-12,15-16H2,1-2H3,(H2,24,25,26). The largest absolute Gasteiger partial charge is 0.491 e. The van der Waals surface area contributed by atoms with E-state index in [2.05, 4.69) is 20.5 Å². The molecule has 1 aromatic carbocycles. The van der Waals surface area contributed by atoms with Crippen molar-refractivity contribution in [2.45, 2.75) is 38.8 Å². The Labute approximate surface area is 172 Å². The van der Waals surface area contributed by atoms with Crippen LogP contribution in [0.3, 0.4) is 0 Å². The van der Waals surface area contributed by atoms with Gasteiger partial charge in [-0.05, 0) is 62.7 Å². The zero-order valence-corrected chi connectivity index (χ0v) is 17.3. The van der Waals surface area contributed by atoms with Gasteiger partial charge in [-0.25, -0.2) is 4.39 Å². The molecule has 1 aromatic heterocycles. The van der Waals surface area contributed by atoms with E-state index in [9.17, 15) is 4.39 Å². The summed E-state index contributed by atoms with van der Waals surface area (Å²) in [5.74, 6) is 1.56. The van der Waals surface area contributed by atoms with Crippen LogP contribution in [0.1, 0.15) is 43.6 Å². The molecule has 158 valence electrons. The lowest BCUT2D eigenvalue weighted by Gasteiger charge is -2.33. The van der Waals surface area contributed by atoms with Gasteiger partial charge in [0.15, 0.2) is 17.5 Å². The molecule has 0 saturated carbocycles. The molecule has 0 aliphatic carbocycles. The molecular formula is C22H31FN4O2. The van der Waals surface area contributed by atoms with Crippen LogP contribution in [0.4, 0.5) is 4.39 Å². The van der Waals surface area contributed by atoms with Gasteiger partial charge in [-0.2, -0.15) is 0 Å². The maximum Gasteiger partial charge on any atom is 0.191 e. The molecule has 2 aromatic rings. The molecule has 0 radical (unpaired) electrons. The normalized spacial score (nSPS) is 16.4. The molecule has 29 heavy (non-hydrogen) atoms. The first kappa shape index (κ1) is 21.2. The third-order valence-corrected chi connectivity index (χ3v) is 5.15. The fourth-order valence-corrected chi connectivity index (χ4v) is 3.65. The average molecular weight is 403 g/mol. The third kappa shape index (κ3) is 5.97. The molecule has 0 spiro atoms. The molecule has 1 aliphatic rings. The highest BCUT2D eigenvalue weighted by Gasteiger charge is 2.24. The second kappa shape index (κ2) is 10.9. The number of hydrogen-bond donors (Lipinski definition) is 2. The Morgan fingerprint density at radius 3 is 2.72 bits per heavy atom. The Bertz CT molecular complexity index is 773. The molecule has 0 bridgehead atoms. The lowest BCUT2D eigenvalue weighted by atomic mass is 10.1. The highest BCUT2D eigenvalue weighted by molar-refractivity contribution is 5.79. The van der Waals surface area contributed by atoms with E-state index < -0.39 is 0 Å². The van der Waals surface area contributed by atoms with Crippen molar-refractivity contribution in [2.24, 2.45) is 4.99 Å². The zero-order chi connectivity index (χ0) is 20.5. The smallest absolute Gasteiger partial charge is 0.191 e. The number of benzene rings is 1. The minimum Gasteiger partial charge on any atom is -0.491 e. The van der Waals surface area contributed by atoms with E-state index in [-0.39, 0.29) is 17.6 Å². The van der Waals surface area contributed by atoms with Crippen LogP contribution in [-0.4, -0.2) is 44.1 Å². The van der Waals surface area contributed by atoms with E-state index in [4.69, 9.17) is 9.15 Å². The van der Waals surface area contributed by atoms with Crippen LogP contribution in [0, 0.1) is 5.82 Å². The average Bonchev–Trinajstić information content (AvgIpc) is 3.28. The monoisotopic (exact) mass is 402 g/mol. The summed E-state index contributed by atoms with van der Waals surface area (Å²) in [5.41, 5.74) is 0.826. The van der Waals surface area contributed by atoms with E-state index in [1.165, 1.54) is 25.3 Å². The van der Waals surface area contributed by atoms with E-state index >= 15 is 0 Å².